The minimum atomic E-state index is -1.28. The van der Waals surface area contributed by atoms with Crippen LogP contribution in [-0.4, -0.2) is 59.7 Å². The summed E-state index contributed by atoms with van der Waals surface area (Å²) in [6.45, 7) is 0.0603. The maximum atomic E-state index is 9.35. The summed E-state index contributed by atoms with van der Waals surface area (Å²) >= 11 is 0. The molecule has 0 aliphatic carbocycles. The molecule has 5 N–H and O–H groups in total. The zero-order chi connectivity index (χ0) is 10.0. The highest BCUT2D eigenvalue weighted by Crippen LogP contribution is 2.20. The topological polar surface area (TPSA) is 105 Å². The van der Waals surface area contributed by atoms with E-state index in [0.29, 0.717) is 0 Å². The third-order valence-corrected chi connectivity index (χ3v) is 2.13. The molecule has 0 spiro atoms. The van der Waals surface area contributed by atoms with Gasteiger partial charge in [-0.2, -0.15) is 0 Å². The summed E-state index contributed by atoms with van der Waals surface area (Å²) in [6.07, 6.45) is -5.35. The average molecular weight is 193 g/mol. The largest absolute Gasteiger partial charge is 0.388 e. The third-order valence-electron chi connectivity index (χ3n) is 2.13. The lowest BCUT2D eigenvalue weighted by molar-refractivity contribution is -0.287. The van der Waals surface area contributed by atoms with E-state index in [4.69, 9.17) is 15.2 Å². The van der Waals surface area contributed by atoms with Gasteiger partial charge in [-0.1, -0.05) is 0 Å². The maximum Gasteiger partial charge on any atom is 0.186 e. The lowest BCUT2D eigenvalue weighted by Gasteiger charge is -2.39. The molecule has 1 rings (SSSR count). The molecule has 6 nitrogen and oxygen atoms in total. The van der Waals surface area contributed by atoms with Gasteiger partial charge in [0, 0.05) is 13.7 Å². The zero-order valence-corrected chi connectivity index (χ0v) is 7.33. The van der Waals surface area contributed by atoms with E-state index in [9.17, 15) is 15.3 Å². The summed E-state index contributed by atoms with van der Waals surface area (Å²) in [5.74, 6) is 0. The summed E-state index contributed by atoms with van der Waals surface area (Å²) in [5.41, 5.74) is 5.28. The maximum absolute atomic E-state index is 9.35. The van der Waals surface area contributed by atoms with E-state index in [-0.39, 0.29) is 6.54 Å². The fourth-order valence-corrected chi connectivity index (χ4v) is 1.31. The Kier molecular flexibility index (Phi) is 3.60. The van der Waals surface area contributed by atoms with Gasteiger partial charge in [0.2, 0.25) is 0 Å². The molecular formula is C7H15NO5. The predicted molar refractivity (Wildman–Crippen MR) is 42.7 cm³/mol. The summed E-state index contributed by atoms with van der Waals surface area (Å²) < 4.78 is 9.83. The van der Waals surface area contributed by atoms with E-state index >= 15 is 0 Å². The van der Waals surface area contributed by atoms with Crippen molar-refractivity contribution >= 4 is 0 Å². The standard InChI is InChI=1S/C7H15NO5/c1-12-7-6(11)5(10)4(9)3(2-8)13-7/h3-7,9-11H,2,8H2,1H3/t3-,4+,5+,6+,7-/m1/s1. The van der Waals surface area contributed by atoms with Crippen molar-refractivity contribution in [3.8, 4) is 0 Å². The van der Waals surface area contributed by atoms with E-state index in [1.165, 1.54) is 7.11 Å². The van der Waals surface area contributed by atoms with Gasteiger partial charge in [-0.15, -0.1) is 0 Å². The number of nitrogens with two attached hydrogens (primary N) is 1. The number of aliphatic hydroxyl groups is 3. The molecule has 0 aromatic carbocycles. The monoisotopic (exact) mass is 193 g/mol. The second-order valence-electron chi connectivity index (χ2n) is 2.99. The smallest absolute Gasteiger partial charge is 0.186 e. The van der Waals surface area contributed by atoms with Crippen LogP contribution < -0.4 is 5.73 Å². The molecule has 13 heavy (non-hydrogen) atoms. The predicted octanol–water partition coefficient (Wildman–Crippen LogP) is -2.60. The number of ether oxygens (including phenoxy) is 2. The van der Waals surface area contributed by atoms with Gasteiger partial charge >= 0.3 is 0 Å². The highest BCUT2D eigenvalue weighted by atomic mass is 16.7. The molecule has 0 amide bonds. The van der Waals surface area contributed by atoms with Gasteiger partial charge in [0.05, 0.1) is 0 Å². The molecular weight excluding hydrogens is 178 g/mol. The second kappa shape index (κ2) is 4.32. The number of hydrogen-bond acceptors (Lipinski definition) is 6. The molecule has 0 unspecified atom stereocenters. The van der Waals surface area contributed by atoms with Gasteiger partial charge in [-0.05, 0) is 0 Å². The SMILES string of the molecule is CO[C@@H]1O[C@H](CN)[C@H](O)[C@H](O)[C@@H]1O. The van der Waals surface area contributed by atoms with Crippen LogP contribution >= 0.6 is 0 Å². The van der Waals surface area contributed by atoms with E-state index in [2.05, 4.69) is 0 Å². The van der Waals surface area contributed by atoms with Gasteiger partial charge in [0.25, 0.3) is 0 Å². The van der Waals surface area contributed by atoms with Gasteiger partial charge in [0.15, 0.2) is 6.29 Å². The second-order valence-corrected chi connectivity index (χ2v) is 2.99. The van der Waals surface area contributed by atoms with Crippen molar-refractivity contribution in [1.29, 1.82) is 0 Å². The summed E-state index contributed by atoms with van der Waals surface area (Å²) in [5, 5.41) is 28.0. The molecule has 1 heterocycles. The van der Waals surface area contributed by atoms with E-state index in [0.717, 1.165) is 0 Å². The van der Waals surface area contributed by atoms with Gasteiger partial charge in [-0.3, -0.25) is 0 Å². The third kappa shape index (κ3) is 1.98. The lowest BCUT2D eigenvalue weighted by Crippen LogP contribution is -2.59. The lowest BCUT2D eigenvalue weighted by atomic mass is 9.99. The van der Waals surface area contributed by atoms with Crippen LogP contribution in [0.3, 0.4) is 0 Å². The van der Waals surface area contributed by atoms with Crippen LogP contribution in [0.1, 0.15) is 0 Å². The summed E-state index contributed by atoms with van der Waals surface area (Å²) in [4.78, 5) is 0. The van der Waals surface area contributed by atoms with Crippen molar-refractivity contribution in [3.63, 3.8) is 0 Å². The number of aliphatic hydroxyl groups excluding tert-OH is 3. The molecule has 6 heteroatoms. The normalized spacial score (nSPS) is 46.4. The average Bonchev–Trinajstić information content (AvgIpc) is 2.15. The van der Waals surface area contributed by atoms with Crippen LogP contribution in [0, 0.1) is 0 Å². The molecule has 1 aliphatic rings. The van der Waals surface area contributed by atoms with Crippen LogP contribution in [-0.2, 0) is 9.47 Å². The Labute approximate surface area is 75.9 Å². The van der Waals surface area contributed by atoms with Crippen molar-refractivity contribution in [2.75, 3.05) is 13.7 Å². The Bertz CT molecular complexity index is 147. The first kappa shape index (κ1) is 10.8. The summed E-state index contributed by atoms with van der Waals surface area (Å²) in [7, 11) is 1.34. The number of methoxy groups -OCH3 is 1. The molecule has 0 radical (unpaired) electrons. The molecule has 1 aliphatic heterocycles. The Morgan fingerprint density at radius 1 is 1.23 bits per heavy atom. The van der Waals surface area contributed by atoms with Crippen molar-refractivity contribution in [2.24, 2.45) is 5.73 Å². The highest BCUT2D eigenvalue weighted by molar-refractivity contribution is 4.89. The van der Waals surface area contributed by atoms with Gasteiger partial charge in [-0.25, -0.2) is 0 Å². The van der Waals surface area contributed by atoms with Crippen molar-refractivity contribution in [2.45, 2.75) is 30.7 Å². The molecule has 1 saturated heterocycles. The van der Waals surface area contributed by atoms with Crippen molar-refractivity contribution in [3.05, 3.63) is 0 Å². The van der Waals surface area contributed by atoms with Gasteiger partial charge in [0.1, 0.15) is 24.4 Å². The van der Waals surface area contributed by atoms with Gasteiger partial charge < -0.3 is 30.5 Å². The molecule has 5 atom stereocenters. The minimum absolute atomic E-state index is 0.0603. The Morgan fingerprint density at radius 2 is 1.85 bits per heavy atom. The Balaban J connectivity index is 2.66. The molecule has 0 bridgehead atoms. The highest BCUT2D eigenvalue weighted by Gasteiger charge is 2.43. The number of hydrogen-bond donors (Lipinski definition) is 4. The quantitative estimate of drug-likeness (QED) is 0.383. The van der Waals surface area contributed by atoms with Crippen LogP contribution in [0.4, 0.5) is 0 Å². The van der Waals surface area contributed by atoms with Crippen LogP contribution in [0.5, 0.6) is 0 Å². The van der Waals surface area contributed by atoms with E-state index in [1.54, 1.807) is 0 Å². The van der Waals surface area contributed by atoms with Crippen LogP contribution in [0.2, 0.25) is 0 Å². The first-order valence-electron chi connectivity index (χ1n) is 4.04. The van der Waals surface area contributed by atoms with Crippen LogP contribution in [0.15, 0.2) is 0 Å². The first-order valence-corrected chi connectivity index (χ1v) is 4.04. The molecule has 0 aromatic rings. The first-order chi connectivity index (χ1) is 6.11. The van der Waals surface area contributed by atoms with Crippen molar-refractivity contribution in [1.82, 2.24) is 0 Å². The zero-order valence-electron chi connectivity index (χ0n) is 7.33. The van der Waals surface area contributed by atoms with Crippen molar-refractivity contribution < 1.29 is 24.8 Å². The fourth-order valence-electron chi connectivity index (χ4n) is 1.31. The molecule has 1 fully saturated rings. The Morgan fingerprint density at radius 3 is 2.31 bits per heavy atom. The Hall–Kier alpha value is -0.240. The summed E-state index contributed by atoms with van der Waals surface area (Å²) in [6, 6.07) is 0. The molecule has 78 valence electrons. The molecule has 0 aromatic heterocycles. The minimum Gasteiger partial charge on any atom is -0.388 e. The number of rotatable bonds is 2. The fraction of sp³-hybridized carbons (Fsp3) is 1.00. The van der Waals surface area contributed by atoms with E-state index in [1.807, 2.05) is 0 Å². The van der Waals surface area contributed by atoms with E-state index < -0.39 is 30.7 Å². The van der Waals surface area contributed by atoms with Crippen LogP contribution in [0.25, 0.3) is 0 Å². The molecule has 0 saturated carbocycles.